The van der Waals surface area contributed by atoms with E-state index in [-0.39, 0.29) is 0 Å². The molecule has 1 N–H and O–H groups in total. The summed E-state index contributed by atoms with van der Waals surface area (Å²) in [6, 6.07) is 8.18. The van der Waals surface area contributed by atoms with Crippen LogP contribution in [0.25, 0.3) is 10.6 Å². The maximum atomic E-state index is 5.59. The van der Waals surface area contributed by atoms with Gasteiger partial charge in [-0.1, -0.05) is 13.8 Å². The van der Waals surface area contributed by atoms with E-state index in [0.29, 0.717) is 0 Å². The van der Waals surface area contributed by atoms with Crippen LogP contribution in [0.2, 0.25) is 0 Å². The van der Waals surface area contributed by atoms with E-state index in [1.165, 1.54) is 4.88 Å². The summed E-state index contributed by atoms with van der Waals surface area (Å²) in [6.45, 7) is 7.01. The SMILES string of the molecule is CCCNCc1cnc(-c2ccc(OCCC)cc2)s1. The fraction of sp³-hybridized carbons (Fsp3) is 0.438. The van der Waals surface area contributed by atoms with Crippen molar-refractivity contribution in [3.8, 4) is 16.3 Å². The van der Waals surface area contributed by atoms with Gasteiger partial charge in [-0.05, 0) is 43.7 Å². The third-order valence-electron chi connectivity index (χ3n) is 2.85. The minimum absolute atomic E-state index is 0.768. The second-order valence-electron chi connectivity index (χ2n) is 4.68. The smallest absolute Gasteiger partial charge is 0.123 e. The van der Waals surface area contributed by atoms with Crippen molar-refractivity contribution in [1.82, 2.24) is 10.3 Å². The first-order chi connectivity index (χ1) is 9.83. The van der Waals surface area contributed by atoms with E-state index in [1.54, 1.807) is 11.3 Å². The first-order valence-corrected chi connectivity index (χ1v) is 8.03. The van der Waals surface area contributed by atoms with Crippen LogP contribution in [0.5, 0.6) is 5.75 Å². The normalized spacial score (nSPS) is 10.7. The first kappa shape index (κ1) is 15.0. The molecule has 0 radical (unpaired) electrons. The van der Waals surface area contributed by atoms with Crippen LogP contribution in [-0.4, -0.2) is 18.1 Å². The van der Waals surface area contributed by atoms with Gasteiger partial charge < -0.3 is 10.1 Å². The van der Waals surface area contributed by atoms with E-state index in [0.717, 1.165) is 48.9 Å². The standard InChI is InChI=1S/C16H22N2OS/c1-3-9-17-11-15-12-18-16(20-15)13-5-7-14(8-6-13)19-10-4-2/h5-8,12,17H,3-4,9-11H2,1-2H3. The van der Waals surface area contributed by atoms with Gasteiger partial charge in [0.25, 0.3) is 0 Å². The van der Waals surface area contributed by atoms with Crippen LogP contribution in [0.15, 0.2) is 30.5 Å². The van der Waals surface area contributed by atoms with Crippen LogP contribution in [-0.2, 0) is 6.54 Å². The summed E-state index contributed by atoms with van der Waals surface area (Å²) in [6.07, 6.45) is 4.15. The molecule has 3 nitrogen and oxygen atoms in total. The molecule has 0 saturated carbocycles. The molecule has 1 heterocycles. The Bertz CT molecular complexity index is 507. The number of rotatable bonds is 8. The fourth-order valence-electron chi connectivity index (χ4n) is 1.82. The van der Waals surface area contributed by atoms with Crippen molar-refractivity contribution in [3.63, 3.8) is 0 Å². The van der Waals surface area contributed by atoms with Crippen LogP contribution in [0.3, 0.4) is 0 Å². The molecule has 0 bridgehead atoms. The Kier molecular flexibility index (Phi) is 6.02. The number of thiazole rings is 1. The second-order valence-corrected chi connectivity index (χ2v) is 5.80. The Morgan fingerprint density at radius 2 is 1.95 bits per heavy atom. The average molecular weight is 290 g/mol. The molecule has 0 aliphatic carbocycles. The zero-order valence-electron chi connectivity index (χ0n) is 12.2. The summed E-state index contributed by atoms with van der Waals surface area (Å²) in [7, 11) is 0. The van der Waals surface area contributed by atoms with Crippen molar-refractivity contribution >= 4 is 11.3 Å². The molecule has 0 aliphatic heterocycles. The van der Waals surface area contributed by atoms with Crippen molar-refractivity contribution < 1.29 is 4.74 Å². The zero-order chi connectivity index (χ0) is 14.2. The molecule has 20 heavy (non-hydrogen) atoms. The Hall–Kier alpha value is -1.39. The summed E-state index contributed by atoms with van der Waals surface area (Å²) >= 11 is 1.75. The number of benzene rings is 1. The minimum atomic E-state index is 0.768. The highest BCUT2D eigenvalue weighted by Gasteiger charge is 2.05. The second kappa shape index (κ2) is 8.02. The quantitative estimate of drug-likeness (QED) is 0.743. The third-order valence-corrected chi connectivity index (χ3v) is 3.90. The molecular weight excluding hydrogens is 268 g/mol. The molecule has 1 aromatic heterocycles. The number of aromatic nitrogens is 1. The first-order valence-electron chi connectivity index (χ1n) is 7.22. The van der Waals surface area contributed by atoms with E-state index in [2.05, 4.69) is 36.3 Å². The number of hydrogen-bond acceptors (Lipinski definition) is 4. The lowest BCUT2D eigenvalue weighted by atomic mass is 10.2. The van der Waals surface area contributed by atoms with Crippen LogP contribution in [0, 0.1) is 0 Å². The van der Waals surface area contributed by atoms with Gasteiger partial charge in [0.15, 0.2) is 0 Å². The summed E-state index contributed by atoms with van der Waals surface area (Å²) < 4.78 is 5.59. The molecule has 0 atom stereocenters. The maximum Gasteiger partial charge on any atom is 0.123 e. The maximum absolute atomic E-state index is 5.59. The van der Waals surface area contributed by atoms with Crippen molar-refractivity contribution in [1.29, 1.82) is 0 Å². The highest BCUT2D eigenvalue weighted by molar-refractivity contribution is 7.15. The summed E-state index contributed by atoms with van der Waals surface area (Å²) in [5, 5.41) is 4.47. The summed E-state index contributed by atoms with van der Waals surface area (Å²) in [4.78, 5) is 5.77. The van der Waals surface area contributed by atoms with Gasteiger partial charge in [0.2, 0.25) is 0 Å². The van der Waals surface area contributed by atoms with E-state index < -0.39 is 0 Å². The Morgan fingerprint density at radius 3 is 2.65 bits per heavy atom. The van der Waals surface area contributed by atoms with E-state index in [4.69, 9.17) is 4.74 Å². The van der Waals surface area contributed by atoms with E-state index in [1.807, 2.05) is 18.3 Å². The lowest BCUT2D eigenvalue weighted by Crippen LogP contribution is -2.12. The van der Waals surface area contributed by atoms with E-state index >= 15 is 0 Å². The molecule has 0 fully saturated rings. The van der Waals surface area contributed by atoms with Crippen LogP contribution >= 0.6 is 11.3 Å². The molecule has 4 heteroatoms. The van der Waals surface area contributed by atoms with Crippen molar-refractivity contribution in [2.45, 2.75) is 33.2 Å². The Labute approximate surface area is 125 Å². The lowest BCUT2D eigenvalue weighted by molar-refractivity contribution is 0.317. The molecule has 108 valence electrons. The summed E-state index contributed by atoms with van der Waals surface area (Å²) in [5.41, 5.74) is 1.15. The van der Waals surface area contributed by atoms with Crippen LogP contribution in [0.1, 0.15) is 31.6 Å². The highest BCUT2D eigenvalue weighted by atomic mass is 32.1. The van der Waals surface area contributed by atoms with Crippen molar-refractivity contribution in [2.24, 2.45) is 0 Å². The van der Waals surface area contributed by atoms with Gasteiger partial charge in [0.1, 0.15) is 10.8 Å². The summed E-state index contributed by atoms with van der Waals surface area (Å²) in [5.74, 6) is 0.928. The fourth-order valence-corrected chi connectivity index (χ4v) is 2.71. The molecule has 0 saturated heterocycles. The molecule has 2 aromatic rings. The monoisotopic (exact) mass is 290 g/mol. The molecule has 0 aliphatic rings. The molecule has 0 amide bonds. The van der Waals surface area contributed by atoms with Gasteiger partial charge in [-0.3, -0.25) is 0 Å². The molecule has 1 aromatic carbocycles. The van der Waals surface area contributed by atoms with Crippen molar-refractivity contribution in [2.75, 3.05) is 13.2 Å². The van der Waals surface area contributed by atoms with Gasteiger partial charge in [-0.15, -0.1) is 11.3 Å². The topological polar surface area (TPSA) is 34.2 Å². The van der Waals surface area contributed by atoms with Gasteiger partial charge >= 0.3 is 0 Å². The average Bonchev–Trinajstić information content (AvgIpc) is 2.95. The van der Waals surface area contributed by atoms with Gasteiger partial charge in [0, 0.05) is 23.2 Å². The number of hydrogen-bond donors (Lipinski definition) is 1. The van der Waals surface area contributed by atoms with Gasteiger partial charge in [-0.2, -0.15) is 0 Å². The number of ether oxygens (including phenoxy) is 1. The Balaban J connectivity index is 1.97. The highest BCUT2D eigenvalue weighted by Crippen LogP contribution is 2.26. The minimum Gasteiger partial charge on any atom is -0.494 e. The van der Waals surface area contributed by atoms with Crippen LogP contribution in [0.4, 0.5) is 0 Å². The van der Waals surface area contributed by atoms with Crippen LogP contribution < -0.4 is 10.1 Å². The molecule has 2 rings (SSSR count). The largest absolute Gasteiger partial charge is 0.494 e. The van der Waals surface area contributed by atoms with Crippen molar-refractivity contribution in [3.05, 3.63) is 35.3 Å². The molecular formula is C16H22N2OS. The van der Waals surface area contributed by atoms with Gasteiger partial charge in [-0.25, -0.2) is 4.98 Å². The van der Waals surface area contributed by atoms with Gasteiger partial charge in [0.05, 0.1) is 6.61 Å². The molecule has 0 spiro atoms. The number of nitrogens with zero attached hydrogens (tertiary/aromatic N) is 1. The predicted octanol–water partition coefficient (Wildman–Crippen LogP) is 4.10. The molecule has 0 unspecified atom stereocenters. The Morgan fingerprint density at radius 1 is 1.15 bits per heavy atom. The zero-order valence-corrected chi connectivity index (χ0v) is 13.0. The van der Waals surface area contributed by atoms with E-state index in [9.17, 15) is 0 Å². The number of nitrogens with one attached hydrogen (secondary N) is 1. The predicted molar refractivity (Wildman–Crippen MR) is 85.3 cm³/mol. The third kappa shape index (κ3) is 4.32. The lowest BCUT2D eigenvalue weighted by Gasteiger charge is -2.04.